The minimum absolute atomic E-state index is 0.0735. The molecule has 0 radical (unpaired) electrons. The lowest BCUT2D eigenvalue weighted by atomic mass is 10.1. The van der Waals surface area contributed by atoms with E-state index in [0.717, 1.165) is 43.3 Å². The third-order valence-electron chi connectivity index (χ3n) is 3.64. The molecule has 1 atom stereocenters. The third kappa shape index (κ3) is 2.80. The molecule has 2 N–H and O–H groups in total. The van der Waals surface area contributed by atoms with E-state index in [1.165, 1.54) is 4.70 Å². The first kappa shape index (κ1) is 12.6. The van der Waals surface area contributed by atoms with Crippen molar-refractivity contribution in [1.29, 1.82) is 0 Å². The fourth-order valence-corrected chi connectivity index (χ4v) is 3.52. The number of rotatable bonds is 2. The zero-order chi connectivity index (χ0) is 13.1. The van der Waals surface area contributed by atoms with Gasteiger partial charge in [-0.05, 0) is 38.4 Å². The second-order valence-corrected chi connectivity index (χ2v) is 5.91. The number of nitrogens with one attached hydrogen (secondary N) is 2. The van der Waals surface area contributed by atoms with E-state index in [1.54, 1.807) is 11.3 Å². The van der Waals surface area contributed by atoms with Crippen molar-refractivity contribution < 1.29 is 4.79 Å². The molecule has 0 bridgehead atoms. The van der Waals surface area contributed by atoms with Crippen molar-refractivity contribution in [1.82, 2.24) is 10.6 Å². The van der Waals surface area contributed by atoms with Gasteiger partial charge in [-0.1, -0.05) is 18.2 Å². The highest BCUT2D eigenvalue weighted by Crippen LogP contribution is 2.25. The number of thiophene rings is 1. The molecule has 1 aliphatic heterocycles. The van der Waals surface area contributed by atoms with E-state index < -0.39 is 0 Å². The molecule has 1 fully saturated rings. The van der Waals surface area contributed by atoms with Gasteiger partial charge in [-0.3, -0.25) is 4.79 Å². The van der Waals surface area contributed by atoms with Crippen molar-refractivity contribution in [2.24, 2.45) is 0 Å². The average Bonchev–Trinajstić information content (AvgIpc) is 2.70. The minimum Gasteiger partial charge on any atom is -0.349 e. The summed E-state index contributed by atoms with van der Waals surface area (Å²) in [4.78, 5) is 12.4. The topological polar surface area (TPSA) is 41.1 Å². The summed E-state index contributed by atoms with van der Waals surface area (Å²) in [5, 5.41) is 9.58. The highest BCUT2D eigenvalue weighted by molar-refractivity contribution is 7.17. The van der Waals surface area contributed by atoms with Crippen LogP contribution in [0.5, 0.6) is 0 Å². The van der Waals surface area contributed by atoms with Crippen LogP contribution in [0.1, 0.15) is 29.6 Å². The SMILES string of the molecule is O=C(NC1CCCNCC1)c1csc2ccccc12. The second-order valence-electron chi connectivity index (χ2n) is 5.00. The Morgan fingerprint density at radius 2 is 2.16 bits per heavy atom. The highest BCUT2D eigenvalue weighted by Gasteiger charge is 2.17. The molecule has 2 heterocycles. The van der Waals surface area contributed by atoms with Gasteiger partial charge in [0.05, 0.1) is 5.56 Å². The standard InChI is InChI=1S/C15H18N2OS/c18-15(17-11-4-3-8-16-9-7-11)13-10-19-14-6-2-1-5-12(13)14/h1-2,5-6,10-11,16H,3-4,7-9H2,(H,17,18). The van der Waals surface area contributed by atoms with Gasteiger partial charge >= 0.3 is 0 Å². The maximum Gasteiger partial charge on any atom is 0.252 e. The van der Waals surface area contributed by atoms with E-state index in [2.05, 4.69) is 16.7 Å². The van der Waals surface area contributed by atoms with Crippen molar-refractivity contribution in [3.63, 3.8) is 0 Å². The molecule has 0 spiro atoms. The first-order valence-corrected chi connectivity index (χ1v) is 7.70. The van der Waals surface area contributed by atoms with Gasteiger partial charge < -0.3 is 10.6 Å². The molecule has 0 aliphatic carbocycles. The Hall–Kier alpha value is -1.39. The number of carbonyl (C=O) groups excluding carboxylic acids is 1. The zero-order valence-electron chi connectivity index (χ0n) is 10.8. The average molecular weight is 274 g/mol. The van der Waals surface area contributed by atoms with E-state index in [0.29, 0.717) is 6.04 Å². The van der Waals surface area contributed by atoms with Crippen molar-refractivity contribution in [3.05, 3.63) is 35.2 Å². The van der Waals surface area contributed by atoms with Gasteiger partial charge in [-0.25, -0.2) is 0 Å². The Labute approximate surface area is 117 Å². The lowest BCUT2D eigenvalue weighted by Gasteiger charge is -2.15. The van der Waals surface area contributed by atoms with Crippen molar-refractivity contribution >= 4 is 27.3 Å². The molecule has 1 amide bonds. The molecule has 1 saturated heterocycles. The number of amides is 1. The van der Waals surface area contributed by atoms with E-state index in [1.807, 2.05) is 23.6 Å². The second kappa shape index (κ2) is 5.72. The van der Waals surface area contributed by atoms with E-state index in [4.69, 9.17) is 0 Å². The summed E-state index contributed by atoms with van der Waals surface area (Å²) in [6, 6.07) is 8.39. The van der Waals surface area contributed by atoms with Crippen LogP contribution in [0.2, 0.25) is 0 Å². The Kier molecular flexibility index (Phi) is 3.80. The molecular weight excluding hydrogens is 256 g/mol. The summed E-state index contributed by atoms with van der Waals surface area (Å²) in [6.07, 6.45) is 3.23. The molecule has 0 saturated carbocycles. The Morgan fingerprint density at radius 3 is 3.11 bits per heavy atom. The van der Waals surface area contributed by atoms with Gasteiger partial charge in [0.15, 0.2) is 0 Å². The number of hydrogen-bond donors (Lipinski definition) is 2. The molecule has 2 aromatic rings. The van der Waals surface area contributed by atoms with Crippen LogP contribution in [0.4, 0.5) is 0 Å². The largest absolute Gasteiger partial charge is 0.349 e. The molecule has 4 heteroatoms. The molecule has 1 unspecified atom stereocenters. The predicted octanol–water partition coefficient (Wildman–Crippen LogP) is 2.77. The van der Waals surface area contributed by atoms with Crippen LogP contribution < -0.4 is 10.6 Å². The van der Waals surface area contributed by atoms with Crippen LogP contribution in [0.25, 0.3) is 10.1 Å². The molecule has 100 valence electrons. The van der Waals surface area contributed by atoms with Crippen molar-refractivity contribution in [2.75, 3.05) is 13.1 Å². The summed E-state index contributed by atoms with van der Waals surface area (Å²) in [5.41, 5.74) is 0.817. The maximum absolute atomic E-state index is 12.4. The van der Waals surface area contributed by atoms with Crippen LogP contribution in [0.15, 0.2) is 29.6 Å². The van der Waals surface area contributed by atoms with Crippen molar-refractivity contribution in [3.8, 4) is 0 Å². The highest BCUT2D eigenvalue weighted by atomic mass is 32.1. The maximum atomic E-state index is 12.4. The van der Waals surface area contributed by atoms with Gasteiger partial charge in [0, 0.05) is 21.5 Å². The quantitative estimate of drug-likeness (QED) is 0.884. The lowest BCUT2D eigenvalue weighted by Crippen LogP contribution is -2.35. The minimum atomic E-state index is 0.0735. The summed E-state index contributed by atoms with van der Waals surface area (Å²) >= 11 is 1.64. The van der Waals surface area contributed by atoms with E-state index >= 15 is 0 Å². The molecule has 3 rings (SSSR count). The molecule has 1 aromatic heterocycles. The van der Waals surface area contributed by atoms with Crippen LogP contribution in [-0.2, 0) is 0 Å². The molecule has 1 aromatic carbocycles. The van der Waals surface area contributed by atoms with Crippen LogP contribution >= 0.6 is 11.3 Å². The molecular formula is C15H18N2OS. The zero-order valence-corrected chi connectivity index (χ0v) is 11.6. The number of benzene rings is 1. The van der Waals surface area contributed by atoms with Crippen LogP contribution in [0.3, 0.4) is 0 Å². The van der Waals surface area contributed by atoms with Crippen LogP contribution in [-0.4, -0.2) is 25.0 Å². The smallest absolute Gasteiger partial charge is 0.252 e. The van der Waals surface area contributed by atoms with Crippen LogP contribution in [0, 0.1) is 0 Å². The molecule has 1 aliphatic rings. The van der Waals surface area contributed by atoms with E-state index in [-0.39, 0.29) is 5.91 Å². The molecule has 3 nitrogen and oxygen atoms in total. The number of fused-ring (bicyclic) bond motifs is 1. The Morgan fingerprint density at radius 1 is 1.26 bits per heavy atom. The Balaban J connectivity index is 1.76. The fourth-order valence-electron chi connectivity index (χ4n) is 2.58. The fraction of sp³-hybridized carbons (Fsp3) is 0.400. The predicted molar refractivity (Wildman–Crippen MR) is 79.8 cm³/mol. The molecule has 19 heavy (non-hydrogen) atoms. The first-order chi connectivity index (χ1) is 9.34. The first-order valence-electron chi connectivity index (χ1n) is 6.82. The summed E-state index contributed by atoms with van der Waals surface area (Å²) in [7, 11) is 0. The third-order valence-corrected chi connectivity index (χ3v) is 4.60. The summed E-state index contributed by atoms with van der Waals surface area (Å²) in [6.45, 7) is 2.06. The van der Waals surface area contributed by atoms with Crippen molar-refractivity contribution in [2.45, 2.75) is 25.3 Å². The van der Waals surface area contributed by atoms with Gasteiger partial charge in [0.25, 0.3) is 5.91 Å². The normalized spacial score (nSPS) is 20.1. The summed E-state index contributed by atoms with van der Waals surface area (Å²) in [5.74, 6) is 0.0735. The lowest BCUT2D eigenvalue weighted by molar-refractivity contribution is 0.0936. The van der Waals surface area contributed by atoms with Gasteiger partial charge in [-0.2, -0.15) is 0 Å². The van der Waals surface area contributed by atoms with Gasteiger partial charge in [-0.15, -0.1) is 11.3 Å². The van der Waals surface area contributed by atoms with Gasteiger partial charge in [0.2, 0.25) is 0 Å². The number of carbonyl (C=O) groups is 1. The Bertz CT molecular complexity index is 570. The monoisotopic (exact) mass is 274 g/mol. The summed E-state index contributed by atoms with van der Waals surface area (Å²) < 4.78 is 1.18. The van der Waals surface area contributed by atoms with Gasteiger partial charge in [0.1, 0.15) is 0 Å². The number of hydrogen-bond acceptors (Lipinski definition) is 3. The van der Waals surface area contributed by atoms with E-state index in [9.17, 15) is 4.79 Å².